The van der Waals surface area contributed by atoms with E-state index in [2.05, 4.69) is 10.6 Å². The zero-order valence-corrected chi connectivity index (χ0v) is 15.2. The van der Waals surface area contributed by atoms with E-state index < -0.39 is 46.7 Å². The number of hydrogen-bond donors (Lipinski definition) is 2. The van der Waals surface area contributed by atoms with Crippen molar-refractivity contribution in [2.24, 2.45) is 11.8 Å². The smallest absolute Gasteiger partial charge is 0.353 e. The molecule has 3 rings (SSSR count). The molecule has 1 atom stereocenters. The van der Waals surface area contributed by atoms with Crippen LogP contribution in [0.25, 0.3) is 0 Å². The van der Waals surface area contributed by atoms with E-state index in [-0.39, 0.29) is 43.9 Å². The minimum atomic E-state index is -4.38. The summed E-state index contributed by atoms with van der Waals surface area (Å²) in [5.41, 5.74) is -0.188. The number of amides is 3. The van der Waals surface area contributed by atoms with Gasteiger partial charge in [0, 0.05) is 18.7 Å². The SMILES string of the molecule is O=C1CN(C(=O)NC(c2ccc(F)c(Cl)c2F)C2CC(C(F)(F)F)C2)CCN1. The Bertz CT molecular complexity index is 783. The van der Waals surface area contributed by atoms with E-state index in [1.807, 2.05) is 0 Å². The number of alkyl halides is 3. The van der Waals surface area contributed by atoms with Gasteiger partial charge in [0.25, 0.3) is 0 Å². The first kappa shape index (κ1) is 20.6. The van der Waals surface area contributed by atoms with Gasteiger partial charge >= 0.3 is 12.2 Å². The van der Waals surface area contributed by atoms with Crippen molar-refractivity contribution in [2.45, 2.75) is 25.1 Å². The number of urea groups is 1. The average molecular weight is 426 g/mol. The highest BCUT2D eigenvalue weighted by Gasteiger charge is 2.50. The van der Waals surface area contributed by atoms with E-state index in [0.717, 1.165) is 12.1 Å². The van der Waals surface area contributed by atoms with E-state index in [1.54, 1.807) is 0 Å². The second kappa shape index (κ2) is 7.73. The number of rotatable bonds is 3. The molecule has 1 unspecified atom stereocenters. The maximum absolute atomic E-state index is 14.5. The van der Waals surface area contributed by atoms with E-state index >= 15 is 0 Å². The number of carbonyl (C=O) groups is 2. The molecule has 1 aliphatic carbocycles. The molecular weight excluding hydrogens is 409 g/mol. The van der Waals surface area contributed by atoms with Gasteiger partial charge in [-0.15, -0.1) is 0 Å². The van der Waals surface area contributed by atoms with Gasteiger partial charge in [-0.25, -0.2) is 13.6 Å². The lowest BCUT2D eigenvalue weighted by Gasteiger charge is -2.42. The third-order valence-electron chi connectivity index (χ3n) is 5.11. The zero-order valence-electron chi connectivity index (χ0n) is 14.5. The van der Waals surface area contributed by atoms with E-state index in [0.29, 0.717) is 0 Å². The van der Waals surface area contributed by atoms with Gasteiger partial charge in [0.05, 0.1) is 12.0 Å². The van der Waals surface area contributed by atoms with Gasteiger partial charge in [0.1, 0.15) is 23.2 Å². The van der Waals surface area contributed by atoms with Crippen molar-refractivity contribution in [3.63, 3.8) is 0 Å². The summed E-state index contributed by atoms with van der Waals surface area (Å²) in [7, 11) is 0. The first-order chi connectivity index (χ1) is 13.1. The lowest BCUT2D eigenvalue weighted by atomic mass is 9.69. The molecular formula is C17H17ClF5N3O2. The fourth-order valence-corrected chi connectivity index (χ4v) is 3.64. The number of nitrogens with zero attached hydrogens (tertiary/aromatic N) is 1. The summed E-state index contributed by atoms with van der Waals surface area (Å²) in [5.74, 6) is -4.77. The number of nitrogens with one attached hydrogen (secondary N) is 2. The highest BCUT2D eigenvalue weighted by atomic mass is 35.5. The van der Waals surface area contributed by atoms with Gasteiger partial charge in [0.2, 0.25) is 5.91 Å². The molecule has 1 aromatic carbocycles. The largest absolute Gasteiger partial charge is 0.391 e. The Kier molecular flexibility index (Phi) is 5.69. The van der Waals surface area contributed by atoms with Crippen LogP contribution in [0, 0.1) is 23.5 Å². The third kappa shape index (κ3) is 4.16. The molecule has 5 nitrogen and oxygen atoms in total. The summed E-state index contributed by atoms with van der Waals surface area (Å²) in [6.07, 6.45) is -4.98. The number of benzene rings is 1. The van der Waals surface area contributed by atoms with Crippen LogP contribution in [0.2, 0.25) is 5.02 Å². The van der Waals surface area contributed by atoms with Crippen molar-refractivity contribution < 1.29 is 31.5 Å². The Morgan fingerprint density at radius 1 is 1.29 bits per heavy atom. The predicted molar refractivity (Wildman–Crippen MR) is 89.5 cm³/mol. The summed E-state index contributed by atoms with van der Waals surface area (Å²) in [5, 5.41) is 4.25. The molecule has 0 bridgehead atoms. The molecule has 1 saturated carbocycles. The van der Waals surface area contributed by atoms with Crippen LogP contribution >= 0.6 is 11.6 Å². The quantitative estimate of drug-likeness (QED) is 0.576. The number of piperazine rings is 1. The van der Waals surface area contributed by atoms with E-state index in [1.165, 1.54) is 4.90 Å². The molecule has 28 heavy (non-hydrogen) atoms. The molecule has 1 saturated heterocycles. The van der Waals surface area contributed by atoms with Gasteiger partial charge in [-0.05, 0) is 24.8 Å². The minimum Gasteiger partial charge on any atom is -0.353 e. The third-order valence-corrected chi connectivity index (χ3v) is 5.46. The number of carbonyl (C=O) groups excluding carboxylic acids is 2. The topological polar surface area (TPSA) is 61.4 Å². The van der Waals surface area contributed by atoms with Crippen molar-refractivity contribution in [1.29, 1.82) is 0 Å². The first-order valence-electron chi connectivity index (χ1n) is 8.60. The number of hydrogen-bond acceptors (Lipinski definition) is 2. The highest BCUT2D eigenvalue weighted by molar-refractivity contribution is 6.31. The van der Waals surface area contributed by atoms with Crippen molar-refractivity contribution in [1.82, 2.24) is 15.5 Å². The van der Waals surface area contributed by atoms with Crippen LogP contribution in [0.3, 0.4) is 0 Å². The molecule has 2 fully saturated rings. The molecule has 0 radical (unpaired) electrons. The Balaban J connectivity index is 1.82. The molecule has 2 N–H and O–H groups in total. The maximum atomic E-state index is 14.5. The summed E-state index contributed by atoms with van der Waals surface area (Å²) >= 11 is 5.59. The normalized spacial score (nSPS) is 23.6. The molecule has 11 heteroatoms. The Labute approximate surface area is 162 Å². The highest BCUT2D eigenvalue weighted by Crippen LogP contribution is 2.50. The van der Waals surface area contributed by atoms with Gasteiger partial charge < -0.3 is 15.5 Å². The maximum Gasteiger partial charge on any atom is 0.391 e. The molecule has 0 aromatic heterocycles. The van der Waals surface area contributed by atoms with Gasteiger partial charge in [-0.2, -0.15) is 13.2 Å². The molecule has 2 aliphatic rings. The van der Waals surface area contributed by atoms with Crippen LogP contribution in [0.15, 0.2) is 12.1 Å². The fourth-order valence-electron chi connectivity index (χ4n) is 3.47. The van der Waals surface area contributed by atoms with Crippen molar-refractivity contribution in [3.05, 3.63) is 34.4 Å². The summed E-state index contributed by atoms with van der Waals surface area (Å²) < 4.78 is 66.5. The second-order valence-electron chi connectivity index (χ2n) is 6.93. The summed E-state index contributed by atoms with van der Waals surface area (Å²) in [4.78, 5) is 25.1. The van der Waals surface area contributed by atoms with Crippen LogP contribution < -0.4 is 10.6 Å². The van der Waals surface area contributed by atoms with E-state index in [9.17, 15) is 31.5 Å². The van der Waals surface area contributed by atoms with Gasteiger partial charge in [-0.1, -0.05) is 17.7 Å². The van der Waals surface area contributed by atoms with Crippen molar-refractivity contribution in [2.75, 3.05) is 19.6 Å². The summed E-state index contributed by atoms with van der Waals surface area (Å²) in [6, 6.07) is 0.115. The van der Waals surface area contributed by atoms with Crippen LogP contribution in [-0.4, -0.2) is 42.6 Å². The molecule has 1 aromatic rings. The average Bonchev–Trinajstić information content (AvgIpc) is 2.56. The first-order valence-corrected chi connectivity index (χ1v) is 8.98. The monoisotopic (exact) mass is 425 g/mol. The predicted octanol–water partition coefficient (Wildman–Crippen LogP) is 3.39. The number of halogens is 6. The van der Waals surface area contributed by atoms with E-state index in [4.69, 9.17) is 11.6 Å². The fraction of sp³-hybridized carbons (Fsp3) is 0.529. The second-order valence-corrected chi connectivity index (χ2v) is 7.31. The van der Waals surface area contributed by atoms with Crippen LogP contribution in [0.1, 0.15) is 24.4 Å². The Morgan fingerprint density at radius 2 is 1.96 bits per heavy atom. The van der Waals surface area contributed by atoms with Gasteiger partial charge in [0.15, 0.2) is 0 Å². The molecule has 0 spiro atoms. The zero-order chi connectivity index (χ0) is 20.6. The van der Waals surface area contributed by atoms with Crippen molar-refractivity contribution >= 4 is 23.5 Å². The molecule has 3 amide bonds. The lowest BCUT2D eigenvalue weighted by molar-refractivity contribution is -0.206. The molecule has 1 heterocycles. The Morgan fingerprint density at radius 3 is 2.57 bits per heavy atom. The standard InChI is InChI=1S/C17H17ClF5N3O2/c18-13-11(19)2-1-10(14(13)20)15(8-5-9(6-8)17(21,22)23)25-16(28)26-4-3-24-12(27)7-26/h1-2,8-9,15H,3-7H2,(H,24,27)(H,25,28). The van der Waals surface area contributed by atoms with Crippen molar-refractivity contribution in [3.8, 4) is 0 Å². The molecule has 1 aliphatic heterocycles. The summed E-state index contributed by atoms with van der Waals surface area (Å²) in [6.45, 7) is 0.209. The molecule has 154 valence electrons. The van der Waals surface area contributed by atoms with Crippen LogP contribution in [0.4, 0.5) is 26.7 Å². The van der Waals surface area contributed by atoms with Crippen LogP contribution in [0.5, 0.6) is 0 Å². The lowest BCUT2D eigenvalue weighted by Crippen LogP contribution is -2.54. The van der Waals surface area contributed by atoms with Crippen LogP contribution in [-0.2, 0) is 4.79 Å². The van der Waals surface area contributed by atoms with Gasteiger partial charge in [-0.3, -0.25) is 4.79 Å². The Hall–Kier alpha value is -2.10. The minimum absolute atomic E-state index is 0.188.